The largest absolute Gasteiger partial charge is 0.247 e. The SMILES string of the molecule is [2H]C([2H])=C([2H])[N+]#[C-]. The molecule has 0 atom stereocenters. The predicted octanol–water partition coefficient (Wildman–Crippen LogP) is 1.05. The van der Waals surface area contributed by atoms with E-state index in [9.17, 15) is 0 Å². The first-order valence-corrected chi connectivity index (χ1v) is 0.697. The van der Waals surface area contributed by atoms with Gasteiger partial charge in [-0.15, -0.1) is 6.53 Å². The van der Waals surface area contributed by atoms with Crippen molar-refractivity contribution in [3.05, 3.63) is 24.1 Å². The predicted molar refractivity (Wildman–Crippen MR) is 16.8 cm³/mol. The summed E-state index contributed by atoms with van der Waals surface area (Å²) in [6, 6.07) is 0. The fourth-order valence-electron chi connectivity index (χ4n) is 0. The average Bonchev–Trinajstić information content (AvgIpc) is 1.65. The molecular formula is C3H3N. The lowest BCUT2D eigenvalue weighted by Gasteiger charge is -1.37. The first-order chi connectivity index (χ1) is 3.18. The lowest BCUT2D eigenvalue weighted by molar-refractivity contribution is 2.11. The molecule has 0 aromatic carbocycles. The zero-order valence-corrected chi connectivity index (χ0v) is 1.95. The minimum atomic E-state index is -0.727. The number of rotatable bonds is 0. The molecule has 0 heterocycles. The van der Waals surface area contributed by atoms with Crippen molar-refractivity contribution in [1.82, 2.24) is 0 Å². The van der Waals surface area contributed by atoms with Crippen LogP contribution in [0.3, 0.4) is 0 Å². The van der Waals surface area contributed by atoms with Crippen molar-refractivity contribution in [3.63, 3.8) is 0 Å². The lowest BCUT2D eigenvalue weighted by Crippen LogP contribution is -1.12. The molecule has 0 amide bonds. The number of hydrogen-bond donors (Lipinski definition) is 0. The topological polar surface area (TPSA) is 4.36 Å². The second-order valence-electron chi connectivity index (χ2n) is 0.224. The Morgan fingerprint density at radius 2 is 3.50 bits per heavy atom. The maximum Gasteiger partial charge on any atom is 0.147 e. The van der Waals surface area contributed by atoms with Gasteiger partial charge in [-0.3, -0.25) is 0 Å². The Balaban J connectivity index is 4.07. The van der Waals surface area contributed by atoms with Gasteiger partial charge in [-0.05, 0) is 0 Å². The van der Waals surface area contributed by atoms with Gasteiger partial charge in [-0.25, -0.2) is 4.85 Å². The molecule has 20 valence electrons. The third-order valence-corrected chi connectivity index (χ3v) is 0.0559. The van der Waals surface area contributed by atoms with Gasteiger partial charge >= 0.3 is 0 Å². The molecule has 0 aliphatic heterocycles. The van der Waals surface area contributed by atoms with Crippen LogP contribution in [0.25, 0.3) is 4.85 Å². The van der Waals surface area contributed by atoms with Gasteiger partial charge in [0, 0.05) is 4.11 Å². The van der Waals surface area contributed by atoms with E-state index in [4.69, 9.17) is 10.7 Å². The van der Waals surface area contributed by atoms with E-state index in [-0.39, 0.29) is 0 Å². The van der Waals surface area contributed by atoms with Crippen molar-refractivity contribution in [2.24, 2.45) is 0 Å². The second-order valence-corrected chi connectivity index (χ2v) is 0.224. The number of hydrogen-bond acceptors (Lipinski definition) is 0. The number of nitrogens with zero attached hydrogens (tertiary/aromatic N) is 1. The van der Waals surface area contributed by atoms with Gasteiger partial charge in [-0.2, -0.15) is 0 Å². The summed E-state index contributed by atoms with van der Waals surface area (Å²) < 4.78 is 19.1. The van der Waals surface area contributed by atoms with Crippen molar-refractivity contribution in [2.45, 2.75) is 0 Å². The highest BCUT2D eigenvalue weighted by molar-refractivity contribution is 4.76. The van der Waals surface area contributed by atoms with Gasteiger partial charge in [-0.1, -0.05) is 0 Å². The zero-order valence-electron chi connectivity index (χ0n) is 4.95. The van der Waals surface area contributed by atoms with E-state index in [2.05, 4.69) is 4.85 Å². The Morgan fingerprint density at radius 3 is 3.50 bits per heavy atom. The summed E-state index contributed by atoms with van der Waals surface area (Å²) in [7, 11) is 0. The summed E-state index contributed by atoms with van der Waals surface area (Å²) in [4.78, 5) is 2.51. The molecule has 0 aromatic rings. The highest BCUT2D eigenvalue weighted by atomic mass is 14.6. The first kappa shape index (κ1) is 0.587. The van der Waals surface area contributed by atoms with E-state index in [1.54, 1.807) is 0 Å². The average molecular weight is 56.1 g/mol. The normalized spacial score (nSPS) is 13.2. The zero-order chi connectivity index (χ0) is 5.86. The molecule has 1 heteroatoms. The molecule has 0 rings (SSSR count). The van der Waals surface area contributed by atoms with Crippen LogP contribution in [-0.4, -0.2) is 0 Å². The Bertz CT molecular complexity index is 128. The molecule has 4 heavy (non-hydrogen) atoms. The standard InChI is InChI=1S/C3H3N/c1-3-4-2/h3H,1H2/i1D2,3D. The molecule has 0 aliphatic carbocycles. The van der Waals surface area contributed by atoms with E-state index in [1.165, 1.54) is 0 Å². The van der Waals surface area contributed by atoms with Crippen molar-refractivity contribution in [1.29, 1.82) is 0 Å². The maximum atomic E-state index is 6.43. The minimum Gasteiger partial charge on any atom is -0.247 e. The molecule has 0 aliphatic rings. The molecule has 1 nitrogen and oxygen atoms in total. The minimum absolute atomic E-state index is 0.611. The quantitative estimate of drug-likeness (QED) is 0.365. The summed E-state index contributed by atoms with van der Waals surface area (Å²) in [6.07, 6.45) is -0.611. The Labute approximate surface area is 29.6 Å². The molecule has 0 spiro atoms. The molecule has 0 fully saturated rings. The van der Waals surface area contributed by atoms with Crippen molar-refractivity contribution >= 4 is 0 Å². The fourth-order valence-corrected chi connectivity index (χ4v) is 0. The summed E-state index contributed by atoms with van der Waals surface area (Å²) >= 11 is 0. The molecule has 0 aromatic heterocycles. The first-order valence-electron chi connectivity index (χ1n) is 2.20. The highest BCUT2D eigenvalue weighted by Gasteiger charge is 1.30. The van der Waals surface area contributed by atoms with Crippen LogP contribution in [0, 0.1) is 6.57 Å². The van der Waals surface area contributed by atoms with Crippen LogP contribution in [0.5, 0.6) is 0 Å². The summed E-state index contributed by atoms with van der Waals surface area (Å²) in [5.41, 5.74) is 0. The Morgan fingerprint density at radius 1 is 2.75 bits per heavy atom. The van der Waals surface area contributed by atoms with Gasteiger partial charge in [0.1, 0.15) is 6.18 Å². The molecule has 0 saturated heterocycles. The van der Waals surface area contributed by atoms with Crippen LogP contribution in [0.2, 0.25) is 0 Å². The van der Waals surface area contributed by atoms with Crippen LogP contribution in [0.15, 0.2) is 12.7 Å². The van der Waals surface area contributed by atoms with Gasteiger partial charge in [0.25, 0.3) is 0 Å². The van der Waals surface area contributed by atoms with Crippen LogP contribution < -0.4 is 0 Å². The van der Waals surface area contributed by atoms with E-state index in [0.29, 0.717) is 0 Å². The van der Waals surface area contributed by atoms with Crippen molar-refractivity contribution in [2.75, 3.05) is 0 Å². The van der Waals surface area contributed by atoms with Gasteiger partial charge in [0.2, 0.25) is 0 Å². The van der Waals surface area contributed by atoms with Gasteiger partial charge in [0.05, 0.1) is 6.57 Å². The lowest BCUT2D eigenvalue weighted by atomic mass is 11.1. The monoisotopic (exact) mass is 56.0 g/mol. The second kappa shape index (κ2) is 2.23. The third-order valence-electron chi connectivity index (χ3n) is 0.0559. The van der Waals surface area contributed by atoms with Crippen molar-refractivity contribution in [3.8, 4) is 0 Å². The molecular weight excluding hydrogens is 50.0 g/mol. The van der Waals surface area contributed by atoms with Crippen LogP contribution in [0.1, 0.15) is 4.11 Å². The highest BCUT2D eigenvalue weighted by Crippen LogP contribution is 1.52. The fraction of sp³-hybridized carbons (Fsp3) is 0. The van der Waals surface area contributed by atoms with E-state index < -0.39 is 12.7 Å². The maximum absolute atomic E-state index is 6.43. The van der Waals surface area contributed by atoms with Crippen LogP contribution in [-0.2, 0) is 0 Å². The summed E-state index contributed by atoms with van der Waals surface area (Å²) in [6.45, 7) is 5.35. The smallest absolute Gasteiger partial charge is 0.147 e. The molecule has 0 N–H and O–H groups in total. The van der Waals surface area contributed by atoms with Crippen molar-refractivity contribution < 1.29 is 4.11 Å². The van der Waals surface area contributed by atoms with E-state index in [0.717, 1.165) is 0 Å². The molecule has 0 unspecified atom stereocenters. The Hall–Kier alpha value is -0.770. The molecule has 0 bridgehead atoms. The van der Waals surface area contributed by atoms with Crippen LogP contribution in [0.4, 0.5) is 0 Å². The van der Waals surface area contributed by atoms with Crippen LogP contribution >= 0.6 is 0 Å². The summed E-state index contributed by atoms with van der Waals surface area (Å²) in [5.74, 6) is 0. The van der Waals surface area contributed by atoms with Gasteiger partial charge in [0.15, 0.2) is 0 Å². The molecule has 0 saturated carbocycles. The van der Waals surface area contributed by atoms with Gasteiger partial charge < -0.3 is 0 Å². The summed E-state index contributed by atoms with van der Waals surface area (Å²) in [5, 5.41) is 0. The molecule has 0 radical (unpaired) electrons. The van der Waals surface area contributed by atoms with E-state index in [1.807, 2.05) is 0 Å². The van der Waals surface area contributed by atoms with E-state index >= 15 is 0 Å². The Kier molecular flexibility index (Phi) is 0.327. The third kappa shape index (κ3) is 1.23.